The first-order valence-electron chi connectivity index (χ1n) is 28.4. The van der Waals surface area contributed by atoms with Crippen LogP contribution in [-0.4, -0.2) is 44.4 Å². The van der Waals surface area contributed by atoms with Gasteiger partial charge in [0, 0.05) is 47.1 Å². The molecule has 0 radical (unpaired) electrons. The molecule has 0 aliphatic heterocycles. The van der Waals surface area contributed by atoms with E-state index < -0.39 is 17.9 Å². The molecular weight excluding hydrogens is 844 g/mol. The Bertz CT molecular complexity index is 761. The Morgan fingerprint density at radius 3 is 0.446 bits per heavy atom. The van der Waals surface area contributed by atoms with E-state index in [4.69, 9.17) is 20.4 Å². The number of carboxylic acids is 3. The molecule has 0 heterocycles. The van der Waals surface area contributed by atoms with Crippen LogP contribution < -0.4 is 0 Å². The van der Waals surface area contributed by atoms with Crippen LogP contribution in [0.3, 0.4) is 0 Å². The molecule has 0 fully saturated rings. The average Bonchev–Trinajstić information content (AvgIpc) is 3.25. The summed E-state index contributed by atoms with van der Waals surface area (Å²) in [5.74, 6) is -1.96. The van der Waals surface area contributed by atoms with E-state index in [2.05, 4.69) is 20.8 Å². The predicted molar refractivity (Wildman–Crippen MR) is 279 cm³/mol. The van der Waals surface area contributed by atoms with E-state index in [0.29, 0.717) is 19.3 Å². The van der Waals surface area contributed by atoms with Gasteiger partial charge in [-0.15, -0.1) is 0 Å². The van der Waals surface area contributed by atoms with Crippen LogP contribution in [0.2, 0.25) is 0 Å². The van der Waals surface area contributed by atoms with E-state index in [1.807, 2.05) is 0 Å². The molecule has 0 bridgehead atoms. The first kappa shape index (κ1) is 73.1. The zero-order valence-electron chi connectivity index (χ0n) is 44.5. The summed E-state index contributed by atoms with van der Waals surface area (Å²) in [4.78, 5) is 31.0. The summed E-state index contributed by atoms with van der Waals surface area (Å²) in [5.41, 5.74) is 0. The van der Waals surface area contributed by atoms with Gasteiger partial charge in [-0.3, -0.25) is 14.4 Å². The summed E-state index contributed by atoms with van der Waals surface area (Å²) < 4.78 is 0. The fourth-order valence-electron chi connectivity index (χ4n) is 7.94. The number of hydrogen-bond acceptors (Lipinski definition) is 4. The Labute approximate surface area is 421 Å². The van der Waals surface area contributed by atoms with Crippen molar-refractivity contribution in [3.05, 3.63) is 0 Å². The summed E-state index contributed by atoms with van der Waals surface area (Å²) in [6.07, 6.45) is 60.4. The van der Waals surface area contributed by atoms with Crippen LogP contribution in [0, 0.1) is 0 Å². The average molecular weight is 961 g/mol. The number of aliphatic hydroxyl groups is 1. The van der Waals surface area contributed by atoms with Crippen molar-refractivity contribution < 1.29 is 56.5 Å². The van der Waals surface area contributed by atoms with Crippen molar-refractivity contribution >= 4 is 17.9 Å². The fourth-order valence-corrected chi connectivity index (χ4v) is 7.94. The molecule has 7 nitrogen and oxygen atoms in total. The van der Waals surface area contributed by atoms with Crippen LogP contribution in [0.4, 0.5) is 0 Å². The van der Waals surface area contributed by atoms with E-state index in [1.165, 1.54) is 250 Å². The Kier molecular flexibility index (Phi) is 78.3. The van der Waals surface area contributed by atoms with Gasteiger partial charge >= 0.3 is 17.9 Å². The number of carboxylic acid groups (broad SMARTS) is 3. The maximum absolute atomic E-state index is 10.3. The molecule has 8 heteroatoms. The van der Waals surface area contributed by atoms with Gasteiger partial charge in [-0.2, -0.15) is 0 Å². The van der Waals surface area contributed by atoms with Gasteiger partial charge in [-0.05, 0) is 33.1 Å². The summed E-state index contributed by atoms with van der Waals surface area (Å²) in [5, 5.41) is 33.6. The van der Waals surface area contributed by atoms with E-state index in [9.17, 15) is 14.4 Å². The molecule has 0 spiro atoms. The van der Waals surface area contributed by atoms with Gasteiger partial charge in [-0.1, -0.05) is 290 Å². The van der Waals surface area contributed by atoms with Gasteiger partial charge in [0.25, 0.3) is 0 Å². The minimum Gasteiger partial charge on any atom is -0.481 e. The quantitative estimate of drug-likeness (QED) is 0.0353. The Hall–Kier alpha value is -0.916. The topological polar surface area (TPSA) is 132 Å². The molecule has 0 saturated heterocycles. The Morgan fingerprint density at radius 2 is 0.354 bits per heavy atom. The van der Waals surface area contributed by atoms with Crippen LogP contribution in [0.25, 0.3) is 0 Å². The van der Waals surface area contributed by atoms with Crippen molar-refractivity contribution in [3.63, 3.8) is 0 Å². The molecule has 0 saturated carbocycles. The van der Waals surface area contributed by atoms with Crippen LogP contribution in [0.5, 0.6) is 0 Å². The molecule has 0 aromatic heterocycles. The molecule has 0 aliphatic rings. The maximum Gasteiger partial charge on any atom is 0.303 e. The van der Waals surface area contributed by atoms with Crippen LogP contribution in [0.15, 0.2) is 0 Å². The second-order valence-electron chi connectivity index (χ2n) is 19.4. The minimum absolute atomic E-state index is 0. The van der Waals surface area contributed by atoms with Crippen molar-refractivity contribution in [2.45, 2.75) is 349 Å². The second-order valence-corrected chi connectivity index (χ2v) is 19.4. The summed E-state index contributed by atoms with van der Waals surface area (Å²) in [6.45, 7) is 10.3. The van der Waals surface area contributed by atoms with E-state index in [-0.39, 0.29) is 27.8 Å². The number of unbranched alkanes of at least 4 members (excludes halogenated alkanes) is 42. The van der Waals surface area contributed by atoms with Gasteiger partial charge in [0.1, 0.15) is 0 Å². The first-order chi connectivity index (χ1) is 31.0. The number of rotatable bonds is 48. The third-order valence-corrected chi connectivity index (χ3v) is 12.0. The minimum atomic E-state index is -0.653. The summed E-state index contributed by atoms with van der Waals surface area (Å²) in [6, 6.07) is 0. The molecule has 0 atom stereocenters. The largest absolute Gasteiger partial charge is 0.481 e. The number of aliphatic carboxylic acids is 3. The number of carbonyl (C=O) groups is 3. The van der Waals surface area contributed by atoms with Crippen LogP contribution in [-0.2, 0) is 36.1 Å². The molecule has 0 amide bonds. The van der Waals surface area contributed by atoms with Crippen molar-refractivity contribution in [1.82, 2.24) is 0 Å². The SMILES string of the molecule is CC(C)O.CCCCCCCCCCCCCCCCCC(=O)O.CCCCCCCCCCCCCCCCCC(=O)O.CCCCCCCCCCCCCCCCCC(=O)O.[Ti]. The molecule has 0 unspecified atom stereocenters. The van der Waals surface area contributed by atoms with Crippen LogP contribution in [0.1, 0.15) is 343 Å². The van der Waals surface area contributed by atoms with Gasteiger partial charge in [0.05, 0.1) is 0 Å². The van der Waals surface area contributed by atoms with E-state index >= 15 is 0 Å². The normalized spacial score (nSPS) is 10.6. The fraction of sp³-hybridized carbons (Fsp3) is 0.947. The van der Waals surface area contributed by atoms with Crippen molar-refractivity contribution in [3.8, 4) is 0 Å². The third kappa shape index (κ3) is 93.8. The Morgan fingerprint density at radius 1 is 0.262 bits per heavy atom. The van der Waals surface area contributed by atoms with Gasteiger partial charge in [0.15, 0.2) is 0 Å². The molecule has 0 rings (SSSR count). The van der Waals surface area contributed by atoms with Gasteiger partial charge in [0.2, 0.25) is 0 Å². The van der Waals surface area contributed by atoms with Crippen LogP contribution >= 0.6 is 0 Å². The van der Waals surface area contributed by atoms with Crippen molar-refractivity contribution in [1.29, 1.82) is 0 Å². The monoisotopic (exact) mass is 961 g/mol. The third-order valence-electron chi connectivity index (χ3n) is 12.0. The smallest absolute Gasteiger partial charge is 0.303 e. The molecular formula is C57H116O7Ti. The first-order valence-corrected chi connectivity index (χ1v) is 28.4. The summed E-state index contributed by atoms with van der Waals surface area (Å²) >= 11 is 0. The van der Waals surface area contributed by atoms with E-state index in [1.54, 1.807) is 13.8 Å². The van der Waals surface area contributed by atoms with Gasteiger partial charge in [-0.25, -0.2) is 0 Å². The summed E-state index contributed by atoms with van der Waals surface area (Å²) in [7, 11) is 0. The standard InChI is InChI=1S/3C18H36O2.C3H8O.Ti/c3*1-2-3-4-5-6-7-8-9-10-11-12-13-14-15-16-17-18(19)20;1-3(2)4;/h3*2-17H2,1H3,(H,19,20);3-4H,1-2H3;. The molecule has 0 aliphatic carbocycles. The molecule has 0 aromatic carbocycles. The molecule has 0 aromatic rings. The molecule has 4 N–H and O–H groups in total. The predicted octanol–water partition coefficient (Wildman–Crippen LogP) is 19.4. The van der Waals surface area contributed by atoms with Crippen molar-refractivity contribution in [2.24, 2.45) is 0 Å². The number of hydrogen-bond donors (Lipinski definition) is 4. The zero-order valence-corrected chi connectivity index (χ0v) is 46.1. The zero-order chi connectivity index (χ0) is 48.3. The Balaban J connectivity index is -0.000000263. The maximum atomic E-state index is 10.3. The van der Waals surface area contributed by atoms with E-state index in [0.717, 1.165) is 38.5 Å². The molecule has 65 heavy (non-hydrogen) atoms. The van der Waals surface area contributed by atoms with Gasteiger partial charge < -0.3 is 20.4 Å². The van der Waals surface area contributed by atoms with Crippen molar-refractivity contribution in [2.75, 3.05) is 0 Å². The molecule has 390 valence electrons. The number of aliphatic hydroxyl groups excluding tert-OH is 1. The second kappa shape index (κ2) is 69.7.